The van der Waals surface area contributed by atoms with E-state index >= 15 is 0 Å². The maximum atomic E-state index is 12.5. The summed E-state index contributed by atoms with van der Waals surface area (Å²) in [6, 6.07) is 0. The summed E-state index contributed by atoms with van der Waals surface area (Å²) in [5.74, 6) is -2.29. The first-order valence-electron chi connectivity index (χ1n) is 38.1. The fourth-order valence-electron chi connectivity index (χ4n) is 14.3. The number of aliphatic hydroxyl groups is 10. The number of hydrogen-bond donors (Lipinski definition) is 14. The molecule has 0 radical (unpaired) electrons. The van der Waals surface area contributed by atoms with Crippen LogP contribution in [0.4, 0.5) is 0 Å². The Hall–Kier alpha value is -2.84. The predicted molar refractivity (Wildman–Crippen MR) is 373 cm³/mol. The van der Waals surface area contributed by atoms with E-state index < -0.39 is 110 Å². The smallest absolute Gasteiger partial charge is 0.222 e. The molecule has 14 N–H and O–H groups in total. The van der Waals surface area contributed by atoms with Crippen LogP contribution in [0.5, 0.6) is 0 Å². The number of hydrogen-bond acceptors (Lipinski definition) is 22. The average molecular weight is 1420 g/mol. The first-order valence-corrected chi connectivity index (χ1v) is 38.1. The molecular formula is C73H138N4O22. The molecule has 0 aliphatic carbocycles. The number of unbranched alkanes of at least 4 members (excludes halogenated alkanes) is 14. The number of carbonyl (C=O) groups is 4. The van der Waals surface area contributed by atoms with E-state index in [2.05, 4.69) is 35.1 Å². The molecule has 18 unspecified atom stereocenters. The molecule has 3 aliphatic rings. The number of ether oxygens (including phenoxy) is 8. The molecule has 26 heteroatoms. The first kappa shape index (κ1) is 90.4. The van der Waals surface area contributed by atoms with Crippen molar-refractivity contribution in [3.63, 3.8) is 0 Å². The van der Waals surface area contributed by atoms with Gasteiger partial charge in [-0.1, -0.05) is 138 Å². The van der Waals surface area contributed by atoms with E-state index in [0.29, 0.717) is 91.3 Å². The molecule has 0 saturated carbocycles. The Labute approximate surface area is 592 Å². The molecular weight excluding hydrogens is 1280 g/mol. The van der Waals surface area contributed by atoms with E-state index in [1.807, 2.05) is 27.7 Å². The van der Waals surface area contributed by atoms with Crippen LogP contribution in [0.2, 0.25) is 0 Å². The van der Waals surface area contributed by atoms with Crippen LogP contribution in [-0.4, -0.2) is 245 Å². The normalized spacial score (nSPS) is 27.4. The third kappa shape index (κ3) is 33.4. The third-order valence-corrected chi connectivity index (χ3v) is 19.8. The molecule has 18 atom stereocenters. The van der Waals surface area contributed by atoms with Gasteiger partial charge in [-0.2, -0.15) is 0 Å². The van der Waals surface area contributed by atoms with Crippen molar-refractivity contribution >= 4 is 23.6 Å². The summed E-state index contributed by atoms with van der Waals surface area (Å²) in [5, 5.41) is 120. The molecule has 0 aromatic carbocycles. The molecule has 3 fully saturated rings. The number of nitrogens with one attached hydrogen (secondary N) is 4. The molecule has 0 aromatic rings. The summed E-state index contributed by atoms with van der Waals surface area (Å²) in [6.07, 6.45) is 6.51. The van der Waals surface area contributed by atoms with Gasteiger partial charge >= 0.3 is 0 Å². The van der Waals surface area contributed by atoms with Gasteiger partial charge in [0.15, 0.2) is 18.9 Å². The quantitative estimate of drug-likeness (QED) is 0.0346. The highest BCUT2D eigenvalue weighted by Crippen LogP contribution is 2.44. The second kappa shape index (κ2) is 50.6. The minimum atomic E-state index is -1.63. The summed E-state index contributed by atoms with van der Waals surface area (Å²) >= 11 is 0. The Morgan fingerprint density at radius 2 is 0.798 bits per heavy atom. The Morgan fingerprint density at radius 1 is 0.424 bits per heavy atom. The Morgan fingerprint density at radius 3 is 1.23 bits per heavy atom. The average Bonchev–Trinajstić information content (AvgIpc) is 0.767. The third-order valence-electron chi connectivity index (χ3n) is 19.8. The highest BCUT2D eigenvalue weighted by molar-refractivity contribution is 5.77. The summed E-state index contributed by atoms with van der Waals surface area (Å²) in [4.78, 5) is 49.6. The predicted octanol–water partition coefficient (Wildman–Crippen LogP) is 5.24. The van der Waals surface area contributed by atoms with Crippen molar-refractivity contribution < 1.29 is 108 Å². The Kier molecular flexibility index (Phi) is 46.2. The summed E-state index contributed by atoms with van der Waals surface area (Å²) in [6.45, 7) is 18.1. The second-order valence-corrected chi connectivity index (χ2v) is 29.3. The first-order chi connectivity index (χ1) is 47.4. The molecule has 0 spiro atoms. The van der Waals surface area contributed by atoms with Crippen LogP contribution in [0, 0.1) is 29.1 Å². The van der Waals surface area contributed by atoms with Gasteiger partial charge in [-0.05, 0) is 84.0 Å². The number of aliphatic hydroxyl groups excluding tert-OH is 9. The lowest BCUT2D eigenvalue weighted by atomic mass is 9.73. The van der Waals surface area contributed by atoms with Gasteiger partial charge in [-0.3, -0.25) is 19.2 Å². The maximum absolute atomic E-state index is 12.5. The fourth-order valence-corrected chi connectivity index (χ4v) is 14.3. The standard InChI is InChI=1S/C73H138N4O22/c1-9-31-51(12-4)59-52(46-78)96-68(65(88)62(59)85)94-42-29-21-19-27-38-74-55(81)32-23-15-13-17-25-40-76-57(83)34-44-92-49-71(5,6)50-93-45-35-58(84)77-41-26-18-14-16-24-33-56(82)75-39-28-20-22-30-43-95-69-66(89)64(87)61(54(48-80)97-69)73(8,37-11-3)99-70-67(90)63(86)60(53(47-79)98-70)72(7,91)36-10-2/h51-54,59-70,78-80,85-91H,9-50H2,1-8H3,(H,74,81)(H,75,82)(H,76,83)(H,77,84). The summed E-state index contributed by atoms with van der Waals surface area (Å²) < 4.78 is 47.6. The van der Waals surface area contributed by atoms with Gasteiger partial charge < -0.3 is 110 Å². The SMILES string of the molecule is CCCC(CC)C1C(CO)OC(OCCCCCCNC(=O)CCCCCCCNC(=O)CCOCC(C)(C)COCCC(=O)NCCCCCCCC(=O)NCCCCCCOC2OC(CO)C(C(C)(CCC)OC3OC(CO)C(C(C)(O)CCC)C(O)C3O)C(O)C2O)C(O)C1O. The fraction of sp³-hybridized carbons (Fsp3) is 0.945. The lowest BCUT2D eigenvalue weighted by Crippen LogP contribution is -2.67. The van der Waals surface area contributed by atoms with Crippen molar-refractivity contribution in [3.8, 4) is 0 Å². The van der Waals surface area contributed by atoms with Gasteiger partial charge in [0, 0.05) is 88.2 Å². The van der Waals surface area contributed by atoms with Crippen molar-refractivity contribution in [2.75, 3.05) is 85.6 Å². The van der Waals surface area contributed by atoms with E-state index in [9.17, 15) is 70.2 Å². The van der Waals surface area contributed by atoms with E-state index in [0.717, 1.165) is 128 Å². The molecule has 0 aromatic heterocycles. The zero-order valence-electron chi connectivity index (χ0n) is 61.8. The molecule has 3 rings (SSSR count). The molecule has 99 heavy (non-hydrogen) atoms. The highest BCUT2D eigenvalue weighted by Gasteiger charge is 2.57. The summed E-state index contributed by atoms with van der Waals surface area (Å²) in [5.41, 5.74) is -3.13. The van der Waals surface area contributed by atoms with Crippen LogP contribution < -0.4 is 21.3 Å². The maximum Gasteiger partial charge on any atom is 0.222 e. The number of amides is 4. The van der Waals surface area contributed by atoms with Gasteiger partial charge in [-0.15, -0.1) is 0 Å². The van der Waals surface area contributed by atoms with Crippen molar-refractivity contribution in [1.82, 2.24) is 21.3 Å². The molecule has 0 bridgehead atoms. The zero-order valence-corrected chi connectivity index (χ0v) is 61.8. The molecule has 3 aliphatic heterocycles. The van der Waals surface area contributed by atoms with Gasteiger partial charge in [0.25, 0.3) is 0 Å². The molecule has 3 saturated heterocycles. The summed E-state index contributed by atoms with van der Waals surface area (Å²) in [7, 11) is 0. The minimum Gasteiger partial charge on any atom is -0.394 e. The molecule has 3 heterocycles. The lowest BCUT2D eigenvalue weighted by Gasteiger charge is -2.53. The molecule has 582 valence electrons. The minimum absolute atomic E-state index is 0.00948. The van der Waals surface area contributed by atoms with Crippen molar-refractivity contribution in [2.45, 2.75) is 327 Å². The van der Waals surface area contributed by atoms with E-state index in [-0.39, 0.29) is 79.8 Å². The van der Waals surface area contributed by atoms with Gasteiger partial charge in [0.1, 0.15) is 18.3 Å². The lowest BCUT2D eigenvalue weighted by molar-refractivity contribution is -0.361. The van der Waals surface area contributed by atoms with E-state index in [1.165, 1.54) is 6.92 Å². The zero-order chi connectivity index (χ0) is 73.2. The Balaban J connectivity index is 1.09. The van der Waals surface area contributed by atoms with Gasteiger partial charge in [-0.25, -0.2) is 0 Å². The van der Waals surface area contributed by atoms with Crippen molar-refractivity contribution in [1.29, 1.82) is 0 Å². The van der Waals surface area contributed by atoms with Gasteiger partial charge in [0.2, 0.25) is 23.6 Å². The van der Waals surface area contributed by atoms with E-state index in [4.69, 9.17) is 37.9 Å². The van der Waals surface area contributed by atoms with Crippen molar-refractivity contribution in [3.05, 3.63) is 0 Å². The number of rotatable bonds is 57. The largest absolute Gasteiger partial charge is 0.394 e. The van der Waals surface area contributed by atoms with Crippen LogP contribution in [0.15, 0.2) is 0 Å². The Bertz CT molecular complexity index is 2130. The molecule has 4 amide bonds. The van der Waals surface area contributed by atoms with Crippen LogP contribution in [0.1, 0.15) is 242 Å². The highest BCUT2D eigenvalue weighted by atomic mass is 16.7. The van der Waals surface area contributed by atoms with Crippen LogP contribution in [-0.2, 0) is 57.1 Å². The van der Waals surface area contributed by atoms with Crippen LogP contribution >= 0.6 is 0 Å². The van der Waals surface area contributed by atoms with E-state index in [1.54, 1.807) is 6.92 Å². The van der Waals surface area contributed by atoms with Crippen molar-refractivity contribution in [2.24, 2.45) is 29.1 Å². The molecule has 26 nitrogen and oxygen atoms in total. The van der Waals surface area contributed by atoms with Gasteiger partial charge in [0.05, 0.1) is 94.1 Å². The van der Waals surface area contributed by atoms with Crippen LogP contribution in [0.25, 0.3) is 0 Å². The van der Waals surface area contributed by atoms with Crippen LogP contribution in [0.3, 0.4) is 0 Å². The second-order valence-electron chi connectivity index (χ2n) is 29.3. The number of carbonyl (C=O) groups excluding carboxylic acids is 4. The topological polar surface area (TPSA) is 393 Å². The monoisotopic (exact) mass is 1420 g/mol.